The Morgan fingerprint density at radius 2 is 1.90 bits per heavy atom. The highest BCUT2D eigenvalue weighted by molar-refractivity contribution is 5.84. The predicted octanol–water partition coefficient (Wildman–Crippen LogP) is 2.33. The Morgan fingerprint density at radius 3 is 2.38 bits per heavy atom. The number of benzene rings is 1. The van der Waals surface area contributed by atoms with E-state index in [0.29, 0.717) is 0 Å². The van der Waals surface area contributed by atoms with Crippen LogP contribution in [0, 0.1) is 0 Å². The third kappa shape index (κ3) is 4.63. The summed E-state index contributed by atoms with van der Waals surface area (Å²) in [6, 6.07) is 4.76. The van der Waals surface area contributed by atoms with Crippen LogP contribution in [-0.2, 0) is 11.0 Å². The van der Waals surface area contributed by atoms with Gasteiger partial charge in [0, 0.05) is 6.04 Å². The van der Waals surface area contributed by atoms with Crippen LogP contribution in [0.3, 0.4) is 0 Å². The lowest BCUT2D eigenvalue weighted by Crippen LogP contribution is -2.59. The average Bonchev–Trinajstić information content (AvgIpc) is 2.34. The number of ether oxygens (including phenoxy) is 1. The zero-order valence-electron chi connectivity index (χ0n) is 12.1. The summed E-state index contributed by atoms with van der Waals surface area (Å²) in [5, 5.41) is 2.90. The van der Waals surface area contributed by atoms with E-state index in [1.165, 1.54) is 25.1 Å². The second-order valence-corrected chi connectivity index (χ2v) is 5.28. The second-order valence-electron chi connectivity index (χ2n) is 5.28. The average molecular weight is 304 g/mol. The summed E-state index contributed by atoms with van der Waals surface area (Å²) in [5.41, 5.74) is 3.16. The molecule has 1 aromatic carbocycles. The van der Waals surface area contributed by atoms with Crippen LogP contribution >= 0.6 is 0 Å². The van der Waals surface area contributed by atoms with Crippen molar-refractivity contribution in [3.8, 4) is 5.75 Å². The largest absolute Gasteiger partial charge is 0.490 e. The van der Waals surface area contributed by atoms with E-state index >= 15 is 0 Å². The summed E-state index contributed by atoms with van der Waals surface area (Å²) in [4.78, 5) is 11.5. The molecule has 4 nitrogen and oxygen atoms in total. The highest BCUT2D eigenvalue weighted by Crippen LogP contribution is 2.36. The van der Waals surface area contributed by atoms with Crippen molar-refractivity contribution >= 4 is 5.91 Å². The maximum absolute atomic E-state index is 12.8. The zero-order valence-corrected chi connectivity index (χ0v) is 12.1. The molecule has 1 unspecified atom stereocenters. The lowest BCUT2D eigenvalue weighted by molar-refractivity contribution is -0.139. The maximum atomic E-state index is 12.8. The fourth-order valence-electron chi connectivity index (χ4n) is 1.87. The SMILES string of the molecule is CC(C)NC(C)(COc1ccccc1C(F)(F)F)C(N)=O. The Bertz CT molecular complexity index is 503. The smallest absolute Gasteiger partial charge is 0.419 e. The van der Waals surface area contributed by atoms with Crippen molar-refractivity contribution in [1.29, 1.82) is 0 Å². The molecule has 7 heteroatoms. The van der Waals surface area contributed by atoms with Crippen LogP contribution < -0.4 is 15.8 Å². The topological polar surface area (TPSA) is 64.3 Å². The highest BCUT2D eigenvalue weighted by Gasteiger charge is 2.36. The van der Waals surface area contributed by atoms with Crippen LogP contribution in [0.15, 0.2) is 24.3 Å². The minimum atomic E-state index is -4.52. The molecule has 0 bridgehead atoms. The molecule has 0 heterocycles. The number of nitrogens with two attached hydrogens (primary N) is 1. The van der Waals surface area contributed by atoms with Crippen LogP contribution in [0.25, 0.3) is 0 Å². The number of carbonyl (C=O) groups is 1. The Labute approximate surface area is 121 Å². The molecule has 3 N–H and O–H groups in total. The molecule has 0 aromatic heterocycles. The fraction of sp³-hybridized carbons (Fsp3) is 0.500. The van der Waals surface area contributed by atoms with Crippen LogP contribution in [0.1, 0.15) is 26.3 Å². The van der Waals surface area contributed by atoms with E-state index in [9.17, 15) is 18.0 Å². The van der Waals surface area contributed by atoms with Gasteiger partial charge in [-0.25, -0.2) is 0 Å². The van der Waals surface area contributed by atoms with Gasteiger partial charge in [0.25, 0.3) is 0 Å². The van der Waals surface area contributed by atoms with Crippen LogP contribution in [0.4, 0.5) is 13.2 Å². The van der Waals surface area contributed by atoms with Crippen molar-refractivity contribution < 1.29 is 22.7 Å². The van der Waals surface area contributed by atoms with Crippen LogP contribution in [0.2, 0.25) is 0 Å². The normalized spacial score (nSPS) is 14.8. The molecular weight excluding hydrogens is 285 g/mol. The number of amides is 1. The summed E-state index contributed by atoms with van der Waals surface area (Å²) in [6.07, 6.45) is -4.52. The van der Waals surface area contributed by atoms with Crippen LogP contribution in [0.5, 0.6) is 5.75 Å². The maximum Gasteiger partial charge on any atom is 0.419 e. The monoisotopic (exact) mass is 304 g/mol. The first kappa shape index (κ1) is 17.3. The summed E-state index contributed by atoms with van der Waals surface area (Å²) < 4.78 is 43.8. The minimum Gasteiger partial charge on any atom is -0.490 e. The molecule has 0 saturated heterocycles. The van der Waals surface area contributed by atoms with Gasteiger partial charge in [-0.3, -0.25) is 10.1 Å². The molecule has 1 atom stereocenters. The van der Waals surface area contributed by atoms with Gasteiger partial charge in [-0.15, -0.1) is 0 Å². The van der Waals surface area contributed by atoms with Gasteiger partial charge in [-0.2, -0.15) is 13.2 Å². The first-order valence-electron chi connectivity index (χ1n) is 6.43. The number of alkyl halides is 3. The van der Waals surface area contributed by atoms with Crippen molar-refractivity contribution in [2.75, 3.05) is 6.61 Å². The molecule has 0 aliphatic heterocycles. The molecule has 21 heavy (non-hydrogen) atoms. The Balaban J connectivity index is 2.94. The molecule has 0 saturated carbocycles. The number of hydrogen-bond acceptors (Lipinski definition) is 3. The number of nitrogens with one attached hydrogen (secondary N) is 1. The molecule has 0 spiro atoms. The van der Waals surface area contributed by atoms with Crippen molar-refractivity contribution in [3.63, 3.8) is 0 Å². The Hall–Kier alpha value is -1.76. The van der Waals surface area contributed by atoms with E-state index in [4.69, 9.17) is 10.5 Å². The molecule has 0 aliphatic carbocycles. The lowest BCUT2D eigenvalue weighted by atomic mass is 10.0. The number of halogens is 3. The van der Waals surface area contributed by atoms with E-state index in [1.54, 1.807) is 13.8 Å². The van der Waals surface area contributed by atoms with E-state index in [0.717, 1.165) is 6.07 Å². The third-order valence-electron chi connectivity index (χ3n) is 2.86. The van der Waals surface area contributed by atoms with Gasteiger partial charge in [0.1, 0.15) is 17.9 Å². The van der Waals surface area contributed by atoms with Crippen molar-refractivity contribution in [1.82, 2.24) is 5.32 Å². The first-order chi connectivity index (χ1) is 9.56. The predicted molar refractivity (Wildman–Crippen MR) is 72.8 cm³/mol. The third-order valence-corrected chi connectivity index (χ3v) is 2.86. The van der Waals surface area contributed by atoms with Gasteiger partial charge in [0.2, 0.25) is 5.91 Å². The second kappa shape index (κ2) is 6.34. The summed E-state index contributed by atoms with van der Waals surface area (Å²) >= 11 is 0. The highest BCUT2D eigenvalue weighted by atomic mass is 19.4. The molecule has 0 fully saturated rings. The quantitative estimate of drug-likeness (QED) is 0.848. The molecular formula is C14H19F3N2O2. The van der Waals surface area contributed by atoms with E-state index in [-0.39, 0.29) is 18.4 Å². The number of primary amides is 1. The van der Waals surface area contributed by atoms with Gasteiger partial charge < -0.3 is 10.5 Å². The molecule has 1 aromatic rings. The number of hydrogen-bond donors (Lipinski definition) is 2. The molecule has 118 valence electrons. The lowest BCUT2D eigenvalue weighted by Gasteiger charge is -2.30. The number of carbonyl (C=O) groups excluding carboxylic acids is 1. The van der Waals surface area contributed by atoms with E-state index in [1.807, 2.05) is 0 Å². The van der Waals surface area contributed by atoms with E-state index in [2.05, 4.69) is 5.32 Å². The van der Waals surface area contributed by atoms with Crippen molar-refractivity contribution in [3.05, 3.63) is 29.8 Å². The van der Waals surface area contributed by atoms with Gasteiger partial charge in [-0.1, -0.05) is 12.1 Å². The standard InChI is InChI=1S/C14H19F3N2O2/c1-9(2)19-13(3,12(18)20)8-21-11-7-5-4-6-10(11)14(15,16)17/h4-7,9,19H,8H2,1-3H3,(H2,18,20). The molecule has 0 radical (unpaired) electrons. The molecule has 1 rings (SSSR count). The summed E-state index contributed by atoms with van der Waals surface area (Å²) in [5.74, 6) is -1.02. The van der Waals surface area contributed by atoms with Crippen molar-refractivity contribution in [2.45, 2.75) is 38.5 Å². The first-order valence-corrected chi connectivity index (χ1v) is 6.43. The van der Waals surface area contributed by atoms with Gasteiger partial charge in [0.05, 0.1) is 5.56 Å². The number of para-hydroxylation sites is 1. The molecule has 1 amide bonds. The molecule has 0 aliphatic rings. The van der Waals surface area contributed by atoms with Crippen LogP contribution in [-0.4, -0.2) is 24.1 Å². The Kier molecular flexibility index (Phi) is 5.22. The van der Waals surface area contributed by atoms with Gasteiger partial charge in [-0.05, 0) is 32.9 Å². The van der Waals surface area contributed by atoms with E-state index < -0.39 is 23.2 Å². The van der Waals surface area contributed by atoms with Gasteiger partial charge >= 0.3 is 6.18 Å². The minimum absolute atomic E-state index is 0.0797. The zero-order chi connectivity index (χ0) is 16.3. The van der Waals surface area contributed by atoms with Gasteiger partial charge in [0.15, 0.2) is 0 Å². The fourth-order valence-corrected chi connectivity index (χ4v) is 1.87. The Morgan fingerprint density at radius 1 is 1.33 bits per heavy atom. The summed E-state index contributed by atoms with van der Waals surface area (Å²) in [7, 11) is 0. The summed E-state index contributed by atoms with van der Waals surface area (Å²) in [6.45, 7) is 4.79. The number of rotatable bonds is 6. The van der Waals surface area contributed by atoms with Crippen molar-refractivity contribution in [2.24, 2.45) is 5.73 Å².